The van der Waals surface area contributed by atoms with Gasteiger partial charge in [0.15, 0.2) is 0 Å². The number of rotatable bonds is 5. The molecule has 0 amide bonds. The highest BCUT2D eigenvalue weighted by molar-refractivity contribution is 7.05. The molecule has 16 heavy (non-hydrogen) atoms. The van der Waals surface area contributed by atoms with Crippen LogP contribution in [-0.4, -0.2) is 41.7 Å². The predicted molar refractivity (Wildman–Crippen MR) is 68.9 cm³/mol. The zero-order chi connectivity index (χ0) is 12.2. The van der Waals surface area contributed by atoms with Gasteiger partial charge >= 0.3 is 0 Å². The van der Waals surface area contributed by atoms with E-state index in [1.165, 1.54) is 16.4 Å². The molecule has 5 heteroatoms. The summed E-state index contributed by atoms with van der Waals surface area (Å²) in [5, 5.41) is 7.64. The largest absolute Gasteiger partial charge is 0.310 e. The average molecular weight is 242 g/mol. The average Bonchev–Trinajstić information content (AvgIpc) is 2.59. The molecule has 0 aromatic carbocycles. The molecule has 0 bridgehead atoms. The molecule has 4 nitrogen and oxygen atoms in total. The fraction of sp³-hybridized carbons (Fsp3) is 0.818. The number of aromatic nitrogens is 2. The number of nitrogens with one attached hydrogen (secondary N) is 1. The lowest BCUT2D eigenvalue weighted by Crippen LogP contribution is -2.27. The zero-order valence-corrected chi connectivity index (χ0v) is 11.7. The first-order valence-corrected chi connectivity index (χ1v) is 6.36. The third-order valence-corrected chi connectivity index (χ3v) is 3.01. The minimum absolute atomic E-state index is 0.0889. The molecule has 0 atom stereocenters. The molecule has 0 spiro atoms. The molecule has 1 aromatic heterocycles. The number of hydrogen-bond acceptors (Lipinski definition) is 5. The van der Waals surface area contributed by atoms with Gasteiger partial charge in [0.25, 0.3) is 0 Å². The van der Waals surface area contributed by atoms with Crippen LogP contribution in [0.1, 0.15) is 31.3 Å². The minimum atomic E-state index is 0.0889. The Bertz CT molecular complexity index is 314. The third kappa shape index (κ3) is 4.15. The molecule has 0 radical (unpaired) electrons. The van der Waals surface area contributed by atoms with Crippen LogP contribution in [-0.2, 0) is 12.0 Å². The summed E-state index contributed by atoms with van der Waals surface area (Å²) < 4.78 is 4.04. The Hall–Kier alpha value is -0.520. The summed E-state index contributed by atoms with van der Waals surface area (Å²) in [6.45, 7) is 9.44. The van der Waals surface area contributed by atoms with E-state index in [1.807, 2.05) is 0 Å². The number of nitrogens with zero attached hydrogens (tertiary/aromatic N) is 3. The van der Waals surface area contributed by atoms with Crippen LogP contribution in [0.25, 0.3) is 0 Å². The Kier molecular flexibility index (Phi) is 4.83. The molecule has 0 aliphatic rings. The van der Waals surface area contributed by atoms with E-state index in [-0.39, 0.29) is 5.41 Å². The first kappa shape index (κ1) is 13.5. The molecule has 0 aliphatic heterocycles. The molecule has 92 valence electrons. The molecule has 0 fully saturated rings. The van der Waals surface area contributed by atoms with Crippen LogP contribution in [0, 0.1) is 0 Å². The van der Waals surface area contributed by atoms with Crippen LogP contribution in [0.5, 0.6) is 0 Å². The van der Waals surface area contributed by atoms with Crippen molar-refractivity contribution in [1.29, 1.82) is 0 Å². The Balaban J connectivity index is 2.46. The van der Waals surface area contributed by atoms with Crippen LogP contribution in [0.4, 0.5) is 0 Å². The van der Waals surface area contributed by atoms with Crippen molar-refractivity contribution in [2.75, 3.05) is 27.2 Å². The zero-order valence-electron chi connectivity index (χ0n) is 10.9. The van der Waals surface area contributed by atoms with Crippen molar-refractivity contribution in [3.05, 3.63) is 10.6 Å². The van der Waals surface area contributed by atoms with E-state index < -0.39 is 0 Å². The van der Waals surface area contributed by atoms with Gasteiger partial charge in [-0.2, -0.15) is 0 Å². The molecule has 0 saturated heterocycles. The van der Waals surface area contributed by atoms with Gasteiger partial charge < -0.3 is 10.2 Å². The van der Waals surface area contributed by atoms with Crippen molar-refractivity contribution in [1.82, 2.24) is 19.8 Å². The van der Waals surface area contributed by atoms with Gasteiger partial charge in [0.1, 0.15) is 0 Å². The van der Waals surface area contributed by atoms with Gasteiger partial charge in [0, 0.05) is 25.0 Å². The second-order valence-electron chi connectivity index (χ2n) is 5.27. The van der Waals surface area contributed by atoms with E-state index in [0.717, 1.165) is 25.3 Å². The van der Waals surface area contributed by atoms with E-state index in [1.54, 1.807) is 0 Å². The molecule has 1 rings (SSSR count). The van der Waals surface area contributed by atoms with Gasteiger partial charge in [-0.1, -0.05) is 25.3 Å². The summed E-state index contributed by atoms with van der Waals surface area (Å²) in [5.41, 5.74) is 1.21. The second kappa shape index (κ2) is 5.70. The summed E-state index contributed by atoms with van der Waals surface area (Å²) >= 11 is 1.50. The SMILES string of the molecule is CN(C)CCNCc1snnc1C(C)(C)C. The van der Waals surface area contributed by atoms with Crippen molar-refractivity contribution in [2.24, 2.45) is 0 Å². The lowest BCUT2D eigenvalue weighted by molar-refractivity contribution is 0.399. The Labute approximate surface area is 102 Å². The Morgan fingerprint density at radius 1 is 1.31 bits per heavy atom. The maximum Gasteiger partial charge on any atom is 0.0854 e. The first-order valence-electron chi connectivity index (χ1n) is 5.58. The molecule has 1 heterocycles. The van der Waals surface area contributed by atoms with Crippen molar-refractivity contribution >= 4 is 11.5 Å². The lowest BCUT2D eigenvalue weighted by Gasteiger charge is -2.17. The molecule has 1 aromatic rings. The lowest BCUT2D eigenvalue weighted by atomic mass is 9.91. The molecule has 0 aliphatic carbocycles. The topological polar surface area (TPSA) is 41.0 Å². The Morgan fingerprint density at radius 3 is 2.56 bits per heavy atom. The van der Waals surface area contributed by atoms with Crippen LogP contribution in [0.15, 0.2) is 0 Å². The van der Waals surface area contributed by atoms with Crippen LogP contribution < -0.4 is 5.32 Å². The smallest absolute Gasteiger partial charge is 0.0854 e. The molecule has 0 unspecified atom stereocenters. The van der Waals surface area contributed by atoms with Crippen molar-refractivity contribution in [2.45, 2.75) is 32.7 Å². The molecular weight excluding hydrogens is 220 g/mol. The maximum absolute atomic E-state index is 4.22. The maximum atomic E-state index is 4.22. The fourth-order valence-electron chi connectivity index (χ4n) is 1.40. The van der Waals surface area contributed by atoms with Crippen molar-refractivity contribution in [3.63, 3.8) is 0 Å². The first-order chi connectivity index (χ1) is 7.41. The molecule has 0 saturated carbocycles. The fourth-order valence-corrected chi connectivity index (χ4v) is 2.22. The number of likely N-dealkylation sites (N-methyl/N-ethyl adjacent to an activating group) is 1. The summed E-state index contributed by atoms with van der Waals surface area (Å²) in [7, 11) is 4.16. The van der Waals surface area contributed by atoms with E-state index in [0.29, 0.717) is 0 Å². The predicted octanol–water partition coefficient (Wildman–Crippen LogP) is 1.49. The molecular formula is C11H22N4S. The third-order valence-electron chi connectivity index (χ3n) is 2.29. The minimum Gasteiger partial charge on any atom is -0.310 e. The summed E-state index contributed by atoms with van der Waals surface area (Å²) in [5.74, 6) is 0. The Morgan fingerprint density at radius 2 is 2.00 bits per heavy atom. The van der Waals surface area contributed by atoms with E-state index >= 15 is 0 Å². The monoisotopic (exact) mass is 242 g/mol. The van der Waals surface area contributed by atoms with Gasteiger partial charge in [0.2, 0.25) is 0 Å². The van der Waals surface area contributed by atoms with Gasteiger partial charge in [-0.15, -0.1) is 5.10 Å². The summed E-state index contributed by atoms with van der Waals surface area (Å²) in [4.78, 5) is 3.43. The normalized spacial score (nSPS) is 12.4. The quantitative estimate of drug-likeness (QED) is 0.794. The van der Waals surface area contributed by atoms with Crippen LogP contribution in [0.2, 0.25) is 0 Å². The standard InChI is InChI=1S/C11H22N4S/c1-11(2,3)10-9(16-14-13-10)8-12-6-7-15(4)5/h12H,6-8H2,1-5H3. The van der Waals surface area contributed by atoms with Gasteiger partial charge in [-0.05, 0) is 25.6 Å². The van der Waals surface area contributed by atoms with Gasteiger partial charge in [-0.25, -0.2) is 0 Å². The highest BCUT2D eigenvalue weighted by atomic mass is 32.1. The molecule has 1 N–H and O–H groups in total. The van der Waals surface area contributed by atoms with E-state index in [9.17, 15) is 0 Å². The van der Waals surface area contributed by atoms with Crippen LogP contribution in [0.3, 0.4) is 0 Å². The summed E-state index contributed by atoms with van der Waals surface area (Å²) in [6.07, 6.45) is 0. The highest BCUT2D eigenvalue weighted by Crippen LogP contribution is 2.25. The van der Waals surface area contributed by atoms with Crippen molar-refractivity contribution < 1.29 is 0 Å². The van der Waals surface area contributed by atoms with Gasteiger partial charge in [0.05, 0.1) is 10.6 Å². The number of hydrogen-bond donors (Lipinski definition) is 1. The second-order valence-corrected chi connectivity index (χ2v) is 6.11. The highest BCUT2D eigenvalue weighted by Gasteiger charge is 2.21. The van der Waals surface area contributed by atoms with Gasteiger partial charge in [-0.3, -0.25) is 0 Å². The van der Waals surface area contributed by atoms with E-state index in [4.69, 9.17) is 0 Å². The summed E-state index contributed by atoms with van der Waals surface area (Å²) in [6, 6.07) is 0. The van der Waals surface area contributed by atoms with Crippen molar-refractivity contribution in [3.8, 4) is 0 Å². The van der Waals surface area contributed by atoms with E-state index in [2.05, 4.69) is 54.7 Å². The van der Waals surface area contributed by atoms with Crippen LogP contribution >= 0.6 is 11.5 Å².